The second-order valence-corrected chi connectivity index (χ2v) is 7.40. The number of halogens is 2. The van der Waals surface area contributed by atoms with Crippen LogP contribution in [0.3, 0.4) is 0 Å². The zero-order valence-electron chi connectivity index (χ0n) is 14.5. The van der Waals surface area contributed by atoms with E-state index in [-0.39, 0.29) is 34.2 Å². The van der Waals surface area contributed by atoms with Crippen molar-refractivity contribution in [2.24, 2.45) is 0 Å². The van der Waals surface area contributed by atoms with Crippen LogP contribution in [0.4, 0.5) is 0 Å². The van der Waals surface area contributed by atoms with Crippen LogP contribution in [-0.2, 0) is 11.8 Å². The van der Waals surface area contributed by atoms with Crippen molar-refractivity contribution in [2.45, 2.75) is 30.7 Å². The quantitative estimate of drug-likeness (QED) is 0.761. The number of aromatic hydroxyl groups is 1. The molecule has 0 aromatic heterocycles. The largest absolute Gasteiger partial charge is 0.504 e. The Morgan fingerprint density at radius 3 is 2.60 bits per heavy atom. The third kappa shape index (κ3) is 2.94. The van der Waals surface area contributed by atoms with Crippen molar-refractivity contribution in [3.8, 4) is 11.5 Å². The Kier molecular flexibility index (Phi) is 5.06. The van der Waals surface area contributed by atoms with E-state index in [1.165, 1.54) is 16.7 Å². The first-order valence-electron chi connectivity index (χ1n) is 8.42. The maximum atomic E-state index is 10.3. The van der Waals surface area contributed by atoms with Gasteiger partial charge in [0.15, 0.2) is 11.5 Å². The van der Waals surface area contributed by atoms with Gasteiger partial charge in [-0.05, 0) is 61.2 Å². The van der Waals surface area contributed by atoms with Gasteiger partial charge in [0.1, 0.15) is 0 Å². The maximum absolute atomic E-state index is 10.3. The van der Waals surface area contributed by atoms with Gasteiger partial charge in [-0.2, -0.15) is 0 Å². The molecule has 4 rings (SSSR count). The van der Waals surface area contributed by atoms with E-state index in [2.05, 4.69) is 24.1 Å². The summed E-state index contributed by atoms with van der Waals surface area (Å²) >= 11 is 6.53. The summed E-state index contributed by atoms with van der Waals surface area (Å²) in [6.45, 7) is 0.998. The molecule has 1 N–H and O–H groups in total. The first-order chi connectivity index (χ1) is 11.6. The number of hydrogen-bond acceptors (Lipinski definition) is 3. The van der Waals surface area contributed by atoms with Gasteiger partial charge in [-0.15, -0.1) is 17.0 Å². The van der Waals surface area contributed by atoms with Crippen LogP contribution in [0.5, 0.6) is 11.5 Å². The van der Waals surface area contributed by atoms with E-state index in [9.17, 15) is 5.11 Å². The summed E-state index contributed by atoms with van der Waals surface area (Å²) in [5, 5.41) is 11.2. The van der Waals surface area contributed by atoms with Crippen molar-refractivity contribution < 1.29 is 9.84 Å². The minimum atomic E-state index is 0. The van der Waals surface area contributed by atoms with Gasteiger partial charge in [-0.3, -0.25) is 4.90 Å². The Morgan fingerprint density at radius 2 is 1.96 bits per heavy atom. The fourth-order valence-electron chi connectivity index (χ4n) is 4.33. The fraction of sp³-hybridized carbons (Fsp3) is 0.400. The lowest BCUT2D eigenvalue weighted by Crippen LogP contribution is -2.39. The molecule has 5 heteroatoms. The molecule has 0 bridgehead atoms. The molecule has 3 nitrogen and oxygen atoms in total. The van der Waals surface area contributed by atoms with Crippen molar-refractivity contribution in [2.75, 3.05) is 20.7 Å². The molecular formula is C20H23BrClNO2. The van der Waals surface area contributed by atoms with Gasteiger partial charge in [-0.25, -0.2) is 0 Å². The molecule has 1 fully saturated rings. The molecule has 0 radical (unpaired) electrons. The molecule has 25 heavy (non-hydrogen) atoms. The SMILES string of the molecule is Br.COc1cc2c(cc1O)C(C1(c3ccccc3Cl)CC1)N(C)CC2. The molecule has 2 aromatic rings. The highest BCUT2D eigenvalue weighted by Gasteiger charge is 2.54. The summed E-state index contributed by atoms with van der Waals surface area (Å²) < 4.78 is 5.29. The van der Waals surface area contributed by atoms with Gasteiger partial charge in [0.05, 0.1) is 7.11 Å². The van der Waals surface area contributed by atoms with Crippen LogP contribution in [0.2, 0.25) is 5.02 Å². The van der Waals surface area contributed by atoms with E-state index in [4.69, 9.17) is 16.3 Å². The van der Waals surface area contributed by atoms with Crippen molar-refractivity contribution in [1.82, 2.24) is 4.90 Å². The average molecular weight is 425 g/mol. The highest BCUT2D eigenvalue weighted by atomic mass is 79.9. The molecular weight excluding hydrogens is 402 g/mol. The zero-order chi connectivity index (χ0) is 16.9. The molecule has 134 valence electrons. The van der Waals surface area contributed by atoms with Crippen LogP contribution >= 0.6 is 28.6 Å². The second-order valence-electron chi connectivity index (χ2n) is 6.99. The van der Waals surface area contributed by atoms with Crippen molar-refractivity contribution in [3.63, 3.8) is 0 Å². The highest BCUT2D eigenvalue weighted by molar-refractivity contribution is 8.93. The predicted molar refractivity (Wildman–Crippen MR) is 106 cm³/mol. The average Bonchev–Trinajstić information content (AvgIpc) is 3.36. The lowest BCUT2D eigenvalue weighted by Gasteiger charge is -2.41. The van der Waals surface area contributed by atoms with E-state index in [1.807, 2.05) is 24.3 Å². The number of rotatable bonds is 3. The van der Waals surface area contributed by atoms with E-state index < -0.39 is 0 Å². The van der Waals surface area contributed by atoms with Crippen molar-refractivity contribution >= 4 is 28.6 Å². The fourth-order valence-corrected chi connectivity index (χ4v) is 4.66. The normalized spacial score (nSPS) is 21.2. The lowest BCUT2D eigenvalue weighted by molar-refractivity contribution is 0.187. The first kappa shape index (κ1) is 18.6. The van der Waals surface area contributed by atoms with E-state index in [1.54, 1.807) is 7.11 Å². The Labute approximate surface area is 164 Å². The Morgan fingerprint density at radius 1 is 1.24 bits per heavy atom. The minimum absolute atomic E-state index is 0. The molecule has 1 heterocycles. The molecule has 1 saturated carbocycles. The van der Waals surface area contributed by atoms with Gasteiger partial charge in [0, 0.05) is 23.0 Å². The molecule has 0 saturated heterocycles. The Balaban J connectivity index is 0.00000182. The summed E-state index contributed by atoms with van der Waals surface area (Å²) in [6, 6.07) is 12.3. The van der Waals surface area contributed by atoms with Gasteiger partial charge < -0.3 is 9.84 Å². The van der Waals surface area contributed by atoms with Crippen molar-refractivity contribution in [1.29, 1.82) is 0 Å². The second kappa shape index (κ2) is 6.82. The Hall–Kier alpha value is -1.23. The summed E-state index contributed by atoms with van der Waals surface area (Å²) in [7, 11) is 3.77. The van der Waals surface area contributed by atoms with E-state index in [0.717, 1.165) is 30.8 Å². The molecule has 0 spiro atoms. The number of nitrogens with zero attached hydrogens (tertiary/aromatic N) is 1. The first-order valence-corrected chi connectivity index (χ1v) is 8.79. The molecule has 1 aliphatic carbocycles. The van der Waals surface area contributed by atoms with E-state index >= 15 is 0 Å². The highest BCUT2D eigenvalue weighted by Crippen LogP contribution is 2.61. The molecule has 2 aliphatic rings. The summed E-state index contributed by atoms with van der Waals surface area (Å²) in [5.74, 6) is 0.770. The van der Waals surface area contributed by atoms with Crippen LogP contribution in [0.1, 0.15) is 35.6 Å². The molecule has 0 amide bonds. The van der Waals surface area contributed by atoms with Gasteiger partial charge >= 0.3 is 0 Å². The topological polar surface area (TPSA) is 32.7 Å². The standard InChI is InChI=1S/C20H22ClNO2.BrH/c1-22-10-7-13-11-18(24-2)17(23)12-14(13)19(22)20(8-9-20)15-5-3-4-6-16(15)21;/h3-6,11-12,19,23H,7-10H2,1-2H3;1H. The third-order valence-electron chi connectivity index (χ3n) is 5.63. The number of fused-ring (bicyclic) bond motifs is 1. The number of likely N-dealkylation sites (N-methyl/N-ethyl adjacent to an activating group) is 1. The van der Waals surface area contributed by atoms with Crippen LogP contribution in [0, 0.1) is 0 Å². The number of phenolic OH excluding ortho intramolecular Hbond substituents is 1. The van der Waals surface area contributed by atoms with Gasteiger partial charge in [0.25, 0.3) is 0 Å². The smallest absolute Gasteiger partial charge is 0.160 e. The van der Waals surface area contributed by atoms with Gasteiger partial charge in [-0.1, -0.05) is 29.8 Å². The predicted octanol–water partition coefficient (Wildman–Crippen LogP) is 4.89. The van der Waals surface area contributed by atoms with Crippen LogP contribution < -0.4 is 4.74 Å². The monoisotopic (exact) mass is 423 g/mol. The molecule has 1 aliphatic heterocycles. The van der Waals surface area contributed by atoms with Crippen LogP contribution in [-0.4, -0.2) is 30.7 Å². The molecule has 2 aromatic carbocycles. The Bertz CT molecular complexity index is 791. The number of hydrogen-bond donors (Lipinski definition) is 1. The summed E-state index contributed by atoms with van der Waals surface area (Å²) in [5.41, 5.74) is 3.75. The maximum Gasteiger partial charge on any atom is 0.160 e. The number of benzene rings is 2. The summed E-state index contributed by atoms with van der Waals surface area (Å²) in [6.07, 6.45) is 3.22. The number of ether oxygens (including phenoxy) is 1. The van der Waals surface area contributed by atoms with Crippen LogP contribution in [0.25, 0.3) is 0 Å². The molecule has 1 atom stereocenters. The number of phenols is 1. The minimum Gasteiger partial charge on any atom is -0.504 e. The van der Waals surface area contributed by atoms with E-state index in [0.29, 0.717) is 5.75 Å². The molecule has 1 unspecified atom stereocenters. The third-order valence-corrected chi connectivity index (χ3v) is 5.96. The van der Waals surface area contributed by atoms with Crippen molar-refractivity contribution in [3.05, 3.63) is 58.1 Å². The zero-order valence-corrected chi connectivity index (χ0v) is 16.9. The lowest BCUT2D eigenvalue weighted by atomic mass is 9.78. The summed E-state index contributed by atoms with van der Waals surface area (Å²) in [4.78, 5) is 2.41. The van der Waals surface area contributed by atoms with Gasteiger partial charge in [0.2, 0.25) is 0 Å². The van der Waals surface area contributed by atoms with Crippen LogP contribution in [0.15, 0.2) is 36.4 Å². The number of methoxy groups -OCH3 is 1.